The van der Waals surface area contributed by atoms with Gasteiger partial charge in [0.1, 0.15) is 5.75 Å². The van der Waals surface area contributed by atoms with Gasteiger partial charge in [0.15, 0.2) is 0 Å². The maximum absolute atomic E-state index is 12.6. The summed E-state index contributed by atoms with van der Waals surface area (Å²) in [6, 6.07) is 12.3. The van der Waals surface area contributed by atoms with E-state index in [0.29, 0.717) is 56.8 Å². The molecule has 33 heavy (non-hydrogen) atoms. The summed E-state index contributed by atoms with van der Waals surface area (Å²) in [5, 5.41) is 5.70. The highest BCUT2D eigenvalue weighted by Gasteiger charge is 2.26. The molecule has 2 amide bonds. The molecular formula is C24H29N3O5S. The van der Waals surface area contributed by atoms with Gasteiger partial charge in [0.25, 0.3) is 0 Å². The largest absolute Gasteiger partial charge is 0.494 e. The van der Waals surface area contributed by atoms with Gasteiger partial charge < -0.3 is 15.4 Å². The zero-order valence-corrected chi connectivity index (χ0v) is 19.3. The predicted molar refractivity (Wildman–Crippen MR) is 124 cm³/mol. The van der Waals surface area contributed by atoms with Crippen molar-refractivity contribution < 1.29 is 22.7 Å². The Morgan fingerprint density at radius 1 is 1.06 bits per heavy atom. The number of benzene rings is 2. The van der Waals surface area contributed by atoms with E-state index in [-0.39, 0.29) is 11.8 Å². The lowest BCUT2D eigenvalue weighted by Crippen LogP contribution is -2.28. The van der Waals surface area contributed by atoms with Crippen molar-refractivity contribution in [3.63, 3.8) is 0 Å². The monoisotopic (exact) mass is 471 g/mol. The Morgan fingerprint density at radius 3 is 2.58 bits per heavy atom. The molecule has 2 N–H and O–H groups in total. The van der Waals surface area contributed by atoms with Gasteiger partial charge in [-0.05, 0) is 67.1 Å². The van der Waals surface area contributed by atoms with E-state index >= 15 is 0 Å². The number of amides is 2. The minimum atomic E-state index is -3.42. The number of carbonyl (C=O) groups is 2. The maximum atomic E-state index is 12.6. The third kappa shape index (κ3) is 5.91. The molecule has 8 nitrogen and oxygen atoms in total. The summed E-state index contributed by atoms with van der Waals surface area (Å²) in [6.07, 6.45) is 3.90. The highest BCUT2D eigenvalue weighted by Crippen LogP contribution is 2.27. The van der Waals surface area contributed by atoms with Crippen LogP contribution in [0.1, 0.15) is 43.2 Å². The van der Waals surface area contributed by atoms with Gasteiger partial charge in [0, 0.05) is 38.2 Å². The molecule has 2 heterocycles. The Kier molecular flexibility index (Phi) is 7.29. The van der Waals surface area contributed by atoms with Crippen molar-refractivity contribution in [1.82, 2.24) is 9.62 Å². The van der Waals surface area contributed by atoms with Crippen molar-refractivity contribution in [2.24, 2.45) is 0 Å². The lowest BCUT2D eigenvalue weighted by atomic mass is 10.0. The molecule has 2 aromatic carbocycles. The van der Waals surface area contributed by atoms with Crippen molar-refractivity contribution in [2.45, 2.75) is 50.0 Å². The van der Waals surface area contributed by atoms with Gasteiger partial charge in [0.05, 0.1) is 11.5 Å². The number of nitrogens with one attached hydrogen (secondary N) is 2. The molecule has 176 valence electrons. The van der Waals surface area contributed by atoms with Crippen molar-refractivity contribution in [1.29, 1.82) is 0 Å². The van der Waals surface area contributed by atoms with E-state index in [9.17, 15) is 18.0 Å². The van der Waals surface area contributed by atoms with Crippen LogP contribution in [-0.2, 0) is 32.6 Å². The van der Waals surface area contributed by atoms with Gasteiger partial charge in [-0.3, -0.25) is 9.59 Å². The second kappa shape index (κ2) is 10.4. The summed E-state index contributed by atoms with van der Waals surface area (Å²) in [4.78, 5) is 23.9. The number of rotatable bonds is 9. The fourth-order valence-corrected chi connectivity index (χ4v) is 5.54. The molecule has 1 saturated heterocycles. The van der Waals surface area contributed by atoms with Crippen LogP contribution in [0.5, 0.6) is 5.75 Å². The molecule has 2 aliphatic rings. The van der Waals surface area contributed by atoms with Gasteiger partial charge in [-0.15, -0.1) is 0 Å². The van der Waals surface area contributed by atoms with E-state index in [1.165, 1.54) is 4.31 Å². The molecule has 2 aromatic rings. The topological polar surface area (TPSA) is 105 Å². The molecule has 0 unspecified atom stereocenters. The molecule has 9 heteroatoms. The summed E-state index contributed by atoms with van der Waals surface area (Å²) in [6.45, 7) is 1.92. The molecular weight excluding hydrogens is 442 g/mol. The molecule has 0 aromatic heterocycles. The number of nitrogens with zero attached hydrogens (tertiary/aromatic N) is 1. The lowest BCUT2D eigenvalue weighted by molar-refractivity contribution is -0.121. The van der Waals surface area contributed by atoms with Crippen LogP contribution in [0.4, 0.5) is 5.69 Å². The van der Waals surface area contributed by atoms with Crippen LogP contribution in [0.3, 0.4) is 0 Å². The van der Waals surface area contributed by atoms with Crippen LogP contribution in [-0.4, -0.2) is 44.2 Å². The predicted octanol–water partition coefficient (Wildman–Crippen LogP) is 2.83. The Hall–Kier alpha value is -2.91. The molecule has 0 spiro atoms. The fraction of sp³-hybridized carbons (Fsp3) is 0.417. The SMILES string of the molecule is O=C(CCCOc1ccc2c(c1)CCC(=O)N2)NCc1ccc(S(=O)(=O)N2CCCC2)cc1. The zero-order chi connectivity index (χ0) is 23.3. The molecule has 4 rings (SSSR count). The maximum Gasteiger partial charge on any atom is 0.243 e. The standard InChI is InChI=1S/C24H29N3O5S/c28-23(4-3-15-32-20-8-11-22-19(16-20)7-12-24(29)26-22)25-17-18-5-9-21(10-6-18)33(30,31)27-13-1-2-14-27/h5-6,8-11,16H,1-4,7,12-15,17H2,(H,25,28)(H,26,29). The third-order valence-corrected chi connectivity index (χ3v) is 7.82. The van der Waals surface area contributed by atoms with Crippen LogP contribution < -0.4 is 15.4 Å². The smallest absolute Gasteiger partial charge is 0.243 e. The molecule has 0 saturated carbocycles. The first-order chi connectivity index (χ1) is 15.9. The first kappa shape index (κ1) is 23.3. The minimum absolute atomic E-state index is 0.0326. The summed E-state index contributed by atoms with van der Waals surface area (Å²) in [7, 11) is -3.42. The number of hydrogen-bond acceptors (Lipinski definition) is 5. The third-order valence-electron chi connectivity index (χ3n) is 5.90. The van der Waals surface area contributed by atoms with Gasteiger partial charge >= 0.3 is 0 Å². The number of carbonyl (C=O) groups excluding carboxylic acids is 2. The normalized spacial score (nSPS) is 16.2. The average Bonchev–Trinajstić information content (AvgIpc) is 3.37. The minimum Gasteiger partial charge on any atom is -0.494 e. The molecule has 0 aliphatic carbocycles. The van der Waals surface area contributed by atoms with Gasteiger partial charge in [-0.1, -0.05) is 12.1 Å². The summed E-state index contributed by atoms with van der Waals surface area (Å²) in [5.41, 5.74) is 2.74. The first-order valence-electron chi connectivity index (χ1n) is 11.3. The first-order valence-corrected chi connectivity index (χ1v) is 12.8. The van der Waals surface area contributed by atoms with Gasteiger partial charge in [-0.2, -0.15) is 4.31 Å². The zero-order valence-electron chi connectivity index (χ0n) is 18.5. The second-order valence-corrected chi connectivity index (χ2v) is 10.3. The number of aryl methyl sites for hydroxylation is 1. The highest BCUT2D eigenvalue weighted by atomic mass is 32.2. The van der Waals surface area contributed by atoms with E-state index in [1.807, 2.05) is 18.2 Å². The Bertz CT molecular complexity index is 1110. The van der Waals surface area contributed by atoms with Crippen LogP contribution in [0.2, 0.25) is 0 Å². The van der Waals surface area contributed by atoms with Crippen molar-refractivity contribution in [3.05, 3.63) is 53.6 Å². The Balaban J connectivity index is 1.17. The fourth-order valence-electron chi connectivity index (χ4n) is 4.02. The molecule has 0 bridgehead atoms. The number of ether oxygens (including phenoxy) is 1. The van der Waals surface area contributed by atoms with E-state index in [0.717, 1.165) is 35.4 Å². The van der Waals surface area contributed by atoms with Crippen molar-refractivity contribution in [2.75, 3.05) is 25.0 Å². The van der Waals surface area contributed by atoms with E-state index < -0.39 is 10.0 Å². The van der Waals surface area contributed by atoms with Crippen LogP contribution in [0, 0.1) is 0 Å². The van der Waals surface area contributed by atoms with Crippen LogP contribution in [0.25, 0.3) is 0 Å². The summed E-state index contributed by atoms with van der Waals surface area (Å²) in [5.74, 6) is 0.681. The molecule has 2 aliphatic heterocycles. The van der Waals surface area contributed by atoms with Crippen LogP contribution >= 0.6 is 0 Å². The number of hydrogen-bond donors (Lipinski definition) is 2. The molecule has 0 atom stereocenters. The van der Waals surface area contributed by atoms with E-state index in [1.54, 1.807) is 24.3 Å². The summed E-state index contributed by atoms with van der Waals surface area (Å²) >= 11 is 0. The van der Waals surface area contributed by atoms with Crippen molar-refractivity contribution in [3.8, 4) is 5.75 Å². The number of sulfonamides is 1. The highest BCUT2D eigenvalue weighted by molar-refractivity contribution is 7.89. The van der Waals surface area contributed by atoms with Gasteiger partial charge in [0.2, 0.25) is 21.8 Å². The Morgan fingerprint density at radius 2 is 1.82 bits per heavy atom. The van der Waals surface area contributed by atoms with Gasteiger partial charge in [-0.25, -0.2) is 8.42 Å². The molecule has 1 fully saturated rings. The summed E-state index contributed by atoms with van der Waals surface area (Å²) < 4.78 is 32.4. The van der Waals surface area contributed by atoms with Crippen LogP contribution in [0.15, 0.2) is 47.4 Å². The number of fused-ring (bicyclic) bond motifs is 1. The number of anilines is 1. The van der Waals surface area contributed by atoms with E-state index in [4.69, 9.17) is 4.74 Å². The Labute approximate surface area is 194 Å². The second-order valence-electron chi connectivity index (χ2n) is 8.35. The lowest BCUT2D eigenvalue weighted by Gasteiger charge is -2.17. The molecule has 0 radical (unpaired) electrons. The van der Waals surface area contributed by atoms with E-state index in [2.05, 4.69) is 10.6 Å². The van der Waals surface area contributed by atoms with Crippen molar-refractivity contribution >= 4 is 27.5 Å². The quantitative estimate of drug-likeness (QED) is 0.547. The average molecular weight is 472 g/mol.